The Morgan fingerprint density at radius 2 is 0.935 bits per heavy atom. The lowest BCUT2D eigenvalue weighted by atomic mass is 9.68. The van der Waals surface area contributed by atoms with Crippen LogP contribution in [-0.4, -0.2) is 0 Å². The molecule has 0 aliphatic heterocycles. The lowest BCUT2D eigenvalue weighted by molar-refractivity contribution is 0.663. The van der Waals surface area contributed by atoms with Crippen molar-refractivity contribution in [1.29, 1.82) is 0 Å². The Morgan fingerprint density at radius 3 is 1.71 bits per heavy atom. The molecule has 0 atom stereocenters. The first-order valence-electron chi connectivity index (χ1n) is 21.3. The van der Waals surface area contributed by atoms with Crippen molar-refractivity contribution >= 4 is 71.7 Å². The molecular weight excluding hydrogens is 755 g/mol. The fraction of sp³-hybridized carbons (Fsp3) is 0.0169. The summed E-state index contributed by atoms with van der Waals surface area (Å²) in [4.78, 5) is 2.43. The second-order valence-electron chi connectivity index (χ2n) is 16.3. The largest absolute Gasteiger partial charge is 0.455 e. The van der Waals surface area contributed by atoms with Gasteiger partial charge in [0.2, 0.25) is 0 Å². The molecule has 62 heavy (non-hydrogen) atoms. The molecule has 12 aromatic rings. The van der Waals surface area contributed by atoms with E-state index in [-0.39, 0.29) is 0 Å². The molecule has 13 rings (SSSR count). The molecule has 0 unspecified atom stereocenters. The van der Waals surface area contributed by atoms with E-state index in [0.29, 0.717) is 0 Å². The highest BCUT2D eigenvalue weighted by Gasteiger charge is 2.47. The quantitative estimate of drug-likeness (QED) is 0.168. The third-order valence-corrected chi connectivity index (χ3v) is 13.1. The molecule has 0 N–H and O–H groups in total. The number of furan rings is 2. The van der Waals surface area contributed by atoms with Crippen molar-refractivity contribution in [3.8, 4) is 22.3 Å². The number of fused-ring (bicyclic) bond motifs is 11. The zero-order chi connectivity index (χ0) is 40.8. The van der Waals surface area contributed by atoms with E-state index in [1.807, 2.05) is 12.1 Å². The summed E-state index contributed by atoms with van der Waals surface area (Å²) in [5, 5.41) is 6.56. The van der Waals surface area contributed by atoms with Crippen LogP contribution in [-0.2, 0) is 5.41 Å². The third-order valence-electron chi connectivity index (χ3n) is 13.1. The predicted octanol–water partition coefficient (Wildman–Crippen LogP) is 16.1. The van der Waals surface area contributed by atoms with E-state index in [0.717, 1.165) is 66.5 Å². The van der Waals surface area contributed by atoms with Crippen LogP contribution in [0.5, 0.6) is 0 Å². The predicted molar refractivity (Wildman–Crippen MR) is 256 cm³/mol. The SMILES string of the molecule is c1ccc(C2(c3ccccc3)c3ccccc3-c3c(N(c4ccc(-c5cccc6ccccc56)cc4)c4cc5c6ccccc6oc5c5c4oc4ccccc45)cccc32)cc1. The first kappa shape index (κ1) is 34.7. The molecule has 2 heterocycles. The number of para-hydroxylation sites is 2. The second kappa shape index (κ2) is 13.4. The van der Waals surface area contributed by atoms with Gasteiger partial charge in [-0.2, -0.15) is 0 Å². The van der Waals surface area contributed by atoms with E-state index >= 15 is 0 Å². The second-order valence-corrected chi connectivity index (χ2v) is 16.3. The van der Waals surface area contributed by atoms with Gasteiger partial charge in [-0.25, -0.2) is 0 Å². The van der Waals surface area contributed by atoms with Crippen LogP contribution in [0.25, 0.3) is 76.9 Å². The van der Waals surface area contributed by atoms with E-state index in [1.165, 1.54) is 49.7 Å². The van der Waals surface area contributed by atoms with Gasteiger partial charge in [0.1, 0.15) is 16.7 Å². The summed E-state index contributed by atoms with van der Waals surface area (Å²) in [6.07, 6.45) is 0. The van der Waals surface area contributed by atoms with E-state index in [2.05, 4.69) is 217 Å². The van der Waals surface area contributed by atoms with Crippen molar-refractivity contribution in [2.24, 2.45) is 0 Å². The molecular formula is C59H37NO2. The fourth-order valence-electron chi connectivity index (χ4n) is 10.5. The summed E-state index contributed by atoms with van der Waals surface area (Å²) in [7, 11) is 0. The normalized spacial score (nSPS) is 13.0. The maximum absolute atomic E-state index is 7.02. The number of hydrogen-bond donors (Lipinski definition) is 0. The number of nitrogens with zero attached hydrogens (tertiary/aromatic N) is 1. The molecule has 0 amide bonds. The van der Waals surface area contributed by atoms with Gasteiger partial charge >= 0.3 is 0 Å². The highest BCUT2D eigenvalue weighted by atomic mass is 16.3. The van der Waals surface area contributed by atoms with E-state index in [9.17, 15) is 0 Å². The van der Waals surface area contributed by atoms with Crippen molar-refractivity contribution in [3.05, 3.63) is 247 Å². The topological polar surface area (TPSA) is 29.5 Å². The summed E-state index contributed by atoms with van der Waals surface area (Å²) in [5.74, 6) is 0. The van der Waals surface area contributed by atoms with Crippen molar-refractivity contribution in [3.63, 3.8) is 0 Å². The number of rotatable bonds is 6. The summed E-state index contributed by atoms with van der Waals surface area (Å²) in [5.41, 5.74) is 15.5. The molecule has 290 valence electrons. The van der Waals surface area contributed by atoms with Gasteiger partial charge in [0.25, 0.3) is 0 Å². The molecule has 0 radical (unpaired) electrons. The molecule has 0 saturated heterocycles. The number of hydrogen-bond acceptors (Lipinski definition) is 3. The first-order valence-corrected chi connectivity index (χ1v) is 21.3. The van der Waals surface area contributed by atoms with Gasteiger partial charge in [0.05, 0.1) is 22.2 Å². The van der Waals surface area contributed by atoms with E-state index in [4.69, 9.17) is 8.83 Å². The average molecular weight is 792 g/mol. The van der Waals surface area contributed by atoms with Crippen LogP contribution < -0.4 is 4.90 Å². The Hall–Kier alpha value is -8.14. The average Bonchev–Trinajstić information content (AvgIpc) is 4.01. The van der Waals surface area contributed by atoms with Gasteiger partial charge in [-0.3, -0.25) is 0 Å². The minimum absolute atomic E-state index is 0.562. The lowest BCUT2D eigenvalue weighted by Gasteiger charge is -2.34. The van der Waals surface area contributed by atoms with E-state index in [1.54, 1.807) is 0 Å². The van der Waals surface area contributed by atoms with Crippen LogP contribution in [0.3, 0.4) is 0 Å². The summed E-state index contributed by atoms with van der Waals surface area (Å²) >= 11 is 0. The molecule has 1 aliphatic carbocycles. The highest BCUT2D eigenvalue weighted by Crippen LogP contribution is 2.60. The van der Waals surface area contributed by atoms with Gasteiger partial charge < -0.3 is 13.7 Å². The van der Waals surface area contributed by atoms with Crippen LogP contribution in [0.15, 0.2) is 233 Å². The molecule has 2 aromatic heterocycles. The maximum atomic E-state index is 7.02. The van der Waals surface area contributed by atoms with Crippen LogP contribution in [0.1, 0.15) is 22.3 Å². The standard InChI is InChI=1S/C59H37NO2/c1-3-19-40(20-4-1)59(41-21-5-2-6-22-41)49-28-12-9-25-46(49)55-50(59)29-16-30-51(55)60(42-35-33-39(34-36-42)44-27-15-18-38-17-7-8-23-43(38)44)52-37-48-45-24-10-13-31-53(45)61-57(48)56-47-26-11-14-32-54(47)62-58(52)56/h1-37H. The zero-order valence-electron chi connectivity index (χ0n) is 33.6. The summed E-state index contributed by atoms with van der Waals surface area (Å²) < 4.78 is 13.8. The van der Waals surface area contributed by atoms with Crippen LogP contribution in [0, 0.1) is 0 Å². The Morgan fingerprint density at radius 1 is 0.371 bits per heavy atom. The van der Waals surface area contributed by atoms with Crippen LogP contribution in [0.2, 0.25) is 0 Å². The molecule has 10 aromatic carbocycles. The summed E-state index contributed by atoms with van der Waals surface area (Å²) in [6.45, 7) is 0. The monoisotopic (exact) mass is 791 g/mol. The van der Waals surface area contributed by atoms with Gasteiger partial charge in [-0.05, 0) is 86.1 Å². The Labute approximate surface area is 358 Å². The molecule has 0 spiro atoms. The minimum atomic E-state index is -0.562. The van der Waals surface area contributed by atoms with Crippen molar-refractivity contribution in [1.82, 2.24) is 0 Å². The molecule has 3 heteroatoms. The summed E-state index contributed by atoms with van der Waals surface area (Å²) in [6, 6.07) is 81.0. The van der Waals surface area contributed by atoms with Crippen LogP contribution in [0.4, 0.5) is 17.1 Å². The fourth-order valence-corrected chi connectivity index (χ4v) is 10.5. The van der Waals surface area contributed by atoms with E-state index < -0.39 is 5.41 Å². The Kier molecular flexibility index (Phi) is 7.52. The third kappa shape index (κ3) is 4.88. The first-order chi connectivity index (χ1) is 30.8. The number of anilines is 3. The Balaban J connectivity index is 1.15. The Bertz CT molecular complexity index is 3650. The zero-order valence-corrected chi connectivity index (χ0v) is 33.6. The molecule has 0 fully saturated rings. The lowest BCUT2D eigenvalue weighted by Crippen LogP contribution is -2.28. The highest BCUT2D eigenvalue weighted by molar-refractivity contribution is 6.26. The van der Waals surface area contributed by atoms with Crippen molar-refractivity contribution in [2.45, 2.75) is 5.41 Å². The van der Waals surface area contributed by atoms with Gasteiger partial charge in [-0.15, -0.1) is 0 Å². The molecule has 0 bridgehead atoms. The molecule has 3 nitrogen and oxygen atoms in total. The maximum Gasteiger partial charge on any atom is 0.163 e. The van der Waals surface area contributed by atoms with Gasteiger partial charge in [0.15, 0.2) is 5.58 Å². The van der Waals surface area contributed by atoms with Crippen molar-refractivity contribution in [2.75, 3.05) is 4.90 Å². The molecule has 1 aliphatic rings. The van der Waals surface area contributed by atoms with Crippen molar-refractivity contribution < 1.29 is 8.83 Å². The number of benzene rings is 10. The molecule has 0 saturated carbocycles. The van der Waals surface area contributed by atoms with Crippen LogP contribution >= 0.6 is 0 Å². The van der Waals surface area contributed by atoms with Gasteiger partial charge in [0, 0.05) is 27.4 Å². The minimum Gasteiger partial charge on any atom is -0.455 e. The van der Waals surface area contributed by atoms with Gasteiger partial charge in [-0.1, -0.05) is 188 Å². The smallest absolute Gasteiger partial charge is 0.163 e.